The Kier molecular flexibility index (Phi) is 4.74. The predicted molar refractivity (Wildman–Crippen MR) is 75.6 cm³/mol. The molecule has 0 aliphatic carbocycles. The number of nitrogens with two attached hydrogens (primary N) is 1. The van der Waals surface area contributed by atoms with E-state index in [1.54, 1.807) is 6.20 Å². The Balaban J connectivity index is 2.07. The molecule has 0 aliphatic rings. The molecule has 0 radical (unpaired) electrons. The molecule has 1 heterocycles. The molecule has 0 bridgehead atoms. The Morgan fingerprint density at radius 3 is 2.79 bits per heavy atom. The number of nitrogens with zero attached hydrogens (tertiary/aromatic N) is 1. The normalized spacial score (nSPS) is 10.5. The maximum atomic E-state index is 13.3. The minimum Gasteiger partial charge on any atom is -0.486 e. The first-order valence-corrected chi connectivity index (χ1v) is 6.68. The maximum Gasteiger partial charge on any atom is 0.145 e. The predicted octanol–water partition coefficient (Wildman–Crippen LogP) is 3.67. The van der Waals surface area contributed by atoms with E-state index in [1.165, 1.54) is 12.1 Å². The third-order valence-electron chi connectivity index (χ3n) is 2.47. The van der Waals surface area contributed by atoms with Crippen molar-refractivity contribution in [1.29, 1.82) is 0 Å². The second-order valence-electron chi connectivity index (χ2n) is 3.85. The van der Waals surface area contributed by atoms with Crippen LogP contribution in [0.2, 0.25) is 5.02 Å². The lowest BCUT2D eigenvalue weighted by Gasteiger charge is -2.09. The molecule has 2 N–H and O–H groups in total. The Morgan fingerprint density at radius 2 is 2.16 bits per heavy atom. The van der Waals surface area contributed by atoms with E-state index < -0.39 is 5.82 Å². The van der Waals surface area contributed by atoms with Gasteiger partial charge >= 0.3 is 0 Å². The second kappa shape index (κ2) is 6.32. The summed E-state index contributed by atoms with van der Waals surface area (Å²) in [4.78, 5) is 4.19. The molecule has 100 valence electrons. The second-order valence-corrected chi connectivity index (χ2v) is 5.11. The number of hydrogen-bond donors (Lipinski definition) is 1. The van der Waals surface area contributed by atoms with E-state index in [0.717, 1.165) is 11.3 Å². The van der Waals surface area contributed by atoms with Crippen LogP contribution in [0.25, 0.3) is 0 Å². The summed E-state index contributed by atoms with van der Waals surface area (Å²) in [5, 5.41) is 0.0460. The van der Waals surface area contributed by atoms with Crippen LogP contribution in [0.3, 0.4) is 0 Å². The van der Waals surface area contributed by atoms with Gasteiger partial charge in [0.2, 0.25) is 0 Å². The van der Waals surface area contributed by atoms with Crippen molar-refractivity contribution in [2.24, 2.45) is 5.73 Å². The third kappa shape index (κ3) is 3.65. The summed E-state index contributed by atoms with van der Waals surface area (Å²) >= 11 is 8.92. The summed E-state index contributed by atoms with van der Waals surface area (Å²) in [6, 6.07) is 6.39. The molecule has 19 heavy (non-hydrogen) atoms. The molecule has 0 aliphatic heterocycles. The van der Waals surface area contributed by atoms with Crippen molar-refractivity contribution in [1.82, 2.24) is 4.98 Å². The van der Waals surface area contributed by atoms with Gasteiger partial charge in [0.15, 0.2) is 0 Å². The highest BCUT2D eigenvalue weighted by atomic mass is 79.9. The van der Waals surface area contributed by atoms with Crippen molar-refractivity contribution in [3.63, 3.8) is 0 Å². The van der Waals surface area contributed by atoms with E-state index in [-0.39, 0.29) is 11.6 Å². The van der Waals surface area contributed by atoms with Crippen molar-refractivity contribution in [3.8, 4) is 5.75 Å². The van der Waals surface area contributed by atoms with Crippen LogP contribution in [-0.2, 0) is 13.2 Å². The summed E-state index contributed by atoms with van der Waals surface area (Å²) in [5.74, 6) is -0.141. The number of rotatable bonds is 4. The molecule has 0 fully saturated rings. The molecule has 0 saturated heterocycles. The van der Waals surface area contributed by atoms with Gasteiger partial charge in [-0.15, -0.1) is 0 Å². The molecule has 2 aromatic rings. The zero-order valence-corrected chi connectivity index (χ0v) is 12.2. The Labute approximate surface area is 123 Å². The van der Waals surface area contributed by atoms with Crippen molar-refractivity contribution < 1.29 is 9.13 Å². The van der Waals surface area contributed by atoms with Crippen LogP contribution in [0.1, 0.15) is 11.3 Å². The van der Waals surface area contributed by atoms with Crippen LogP contribution in [0, 0.1) is 5.82 Å². The zero-order valence-electron chi connectivity index (χ0n) is 9.87. The van der Waals surface area contributed by atoms with Gasteiger partial charge in [0.05, 0.1) is 15.2 Å². The fourth-order valence-electron chi connectivity index (χ4n) is 1.43. The minimum absolute atomic E-state index is 0.0460. The van der Waals surface area contributed by atoms with Gasteiger partial charge in [0, 0.05) is 18.8 Å². The Bertz CT molecular complexity index is 578. The van der Waals surface area contributed by atoms with Gasteiger partial charge in [0.1, 0.15) is 18.2 Å². The molecule has 6 heteroatoms. The minimum atomic E-state index is -0.522. The number of halogens is 3. The summed E-state index contributed by atoms with van der Waals surface area (Å²) < 4.78 is 19.4. The van der Waals surface area contributed by atoms with Crippen LogP contribution in [0.5, 0.6) is 5.75 Å². The van der Waals surface area contributed by atoms with Crippen LogP contribution < -0.4 is 10.5 Å². The highest BCUT2D eigenvalue weighted by molar-refractivity contribution is 9.10. The van der Waals surface area contributed by atoms with Crippen molar-refractivity contribution in [3.05, 3.63) is 57.0 Å². The molecule has 0 atom stereocenters. The number of hydrogen-bond acceptors (Lipinski definition) is 3. The van der Waals surface area contributed by atoms with Crippen LogP contribution >= 0.6 is 27.5 Å². The lowest BCUT2D eigenvalue weighted by molar-refractivity contribution is 0.298. The average Bonchev–Trinajstić information content (AvgIpc) is 2.42. The Morgan fingerprint density at radius 1 is 1.37 bits per heavy atom. The van der Waals surface area contributed by atoms with Crippen LogP contribution in [-0.4, -0.2) is 4.98 Å². The van der Waals surface area contributed by atoms with Gasteiger partial charge in [0.25, 0.3) is 0 Å². The van der Waals surface area contributed by atoms with E-state index >= 15 is 0 Å². The monoisotopic (exact) mass is 344 g/mol. The topological polar surface area (TPSA) is 48.1 Å². The first kappa shape index (κ1) is 14.2. The maximum absolute atomic E-state index is 13.3. The van der Waals surface area contributed by atoms with Crippen molar-refractivity contribution in [2.45, 2.75) is 13.2 Å². The molecule has 0 spiro atoms. The Hall–Kier alpha value is -1.17. The standard InChI is InChI=1S/C13H11BrClFN2O/c14-10-3-11(15)12(16)4-13(10)19-7-9-2-1-8(5-17)6-18-9/h1-4,6H,5,7,17H2. The molecule has 0 unspecified atom stereocenters. The number of aromatic nitrogens is 1. The largest absolute Gasteiger partial charge is 0.486 e. The molecule has 2 rings (SSSR count). The van der Waals surface area contributed by atoms with E-state index in [1.807, 2.05) is 12.1 Å². The highest BCUT2D eigenvalue weighted by Crippen LogP contribution is 2.30. The summed E-state index contributed by atoms with van der Waals surface area (Å²) in [7, 11) is 0. The number of benzene rings is 1. The number of pyridine rings is 1. The van der Waals surface area contributed by atoms with Crippen molar-refractivity contribution >= 4 is 27.5 Å². The van der Waals surface area contributed by atoms with E-state index in [0.29, 0.717) is 16.8 Å². The fourth-order valence-corrected chi connectivity index (χ4v) is 2.18. The molecule has 0 saturated carbocycles. The lowest BCUT2D eigenvalue weighted by Crippen LogP contribution is -2.02. The van der Waals surface area contributed by atoms with Gasteiger partial charge < -0.3 is 10.5 Å². The molecule has 0 amide bonds. The quantitative estimate of drug-likeness (QED) is 0.860. The van der Waals surface area contributed by atoms with Gasteiger partial charge in [-0.1, -0.05) is 17.7 Å². The summed E-state index contributed by atoms with van der Waals surface area (Å²) in [6.07, 6.45) is 1.69. The van der Waals surface area contributed by atoms with Gasteiger partial charge in [-0.25, -0.2) is 4.39 Å². The lowest BCUT2D eigenvalue weighted by atomic mass is 10.2. The first-order chi connectivity index (χ1) is 9.10. The molecule has 1 aromatic heterocycles. The third-order valence-corrected chi connectivity index (χ3v) is 3.38. The smallest absolute Gasteiger partial charge is 0.145 e. The van der Waals surface area contributed by atoms with E-state index in [2.05, 4.69) is 20.9 Å². The first-order valence-electron chi connectivity index (χ1n) is 5.51. The zero-order chi connectivity index (χ0) is 13.8. The summed E-state index contributed by atoms with van der Waals surface area (Å²) in [6.45, 7) is 0.687. The SMILES string of the molecule is NCc1ccc(COc2cc(F)c(Cl)cc2Br)nc1. The molecular weight excluding hydrogens is 335 g/mol. The van der Waals surface area contributed by atoms with Gasteiger partial charge in [-0.05, 0) is 33.6 Å². The highest BCUT2D eigenvalue weighted by Gasteiger charge is 2.08. The fraction of sp³-hybridized carbons (Fsp3) is 0.154. The van der Waals surface area contributed by atoms with Crippen molar-refractivity contribution in [2.75, 3.05) is 0 Å². The summed E-state index contributed by atoms with van der Waals surface area (Å²) in [5.41, 5.74) is 7.17. The number of ether oxygens (including phenoxy) is 1. The van der Waals surface area contributed by atoms with Gasteiger partial charge in [-0.3, -0.25) is 4.98 Å². The van der Waals surface area contributed by atoms with E-state index in [9.17, 15) is 4.39 Å². The van der Waals surface area contributed by atoms with Gasteiger partial charge in [-0.2, -0.15) is 0 Å². The van der Waals surface area contributed by atoms with Crippen LogP contribution in [0.4, 0.5) is 4.39 Å². The molecular formula is C13H11BrClFN2O. The molecule has 1 aromatic carbocycles. The van der Waals surface area contributed by atoms with Crippen LogP contribution in [0.15, 0.2) is 34.9 Å². The average molecular weight is 346 g/mol. The van der Waals surface area contributed by atoms with E-state index in [4.69, 9.17) is 22.1 Å². The molecule has 3 nitrogen and oxygen atoms in total.